The summed E-state index contributed by atoms with van der Waals surface area (Å²) < 4.78 is 1.73. The van der Waals surface area contributed by atoms with Crippen LogP contribution in [0.1, 0.15) is 18.0 Å². The maximum absolute atomic E-state index is 11.7. The van der Waals surface area contributed by atoms with E-state index in [9.17, 15) is 4.79 Å². The maximum atomic E-state index is 11.7. The van der Waals surface area contributed by atoms with E-state index in [-0.39, 0.29) is 11.9 Å². The highest BCUT2D eigenvalue weighted by molar-refractivity contribution is 5.75. The van der Waals surface area contributed by atoms with Crippen molar-refractivity contribution in [3.63, 3.8) is 0 Å². The van der Waals surface area contributed by atoms with Gasteiger partial charge in [0.25, 0.3) is 0 Å². The first-order valence-corrected chi connectivity index (χ1v) is 6.30. The van der Waals surface area contributed by atoms with Crippen molar-refractivity contribution in [1.29, 1.82) is 0 Å². The molecule has 0 aliphatic rings. The van der Waals surface area contributed by atoms with E-state index in [2.05, 4.69) is 10.4 Å². The Kier molecular flexibility index (Phi) is 4.69. The molecule has 0 aliphatic carbocycles. The van der Waals surface area contributed by atoms with Gasteiger partial charge in [-0.3, -0.25) is 9.48 Å². The summed E-state index contributed by atoms with van der Waals surface area (Å²) >= 11 is 0. The summed E-state index contributed by atoms with van der Waals surface area (Å²) in [5, 5.41) is 6.88. The van der Waals surface area contributed by atoms with Crippen molar-refractivity contribution >= 4 is 5.91 Å². The van der Waals surface area contributed by atoms with Crippen molar-refractivity contribution < 1.29 is 4.79 Å². The molecule has 100 valence electrons. The predicted molar refractivity (Wildman–Crippen MR) is 73.2 cm³/mol. The Morgan fingerprint density at radius 3 is 2.79 bits per heavy atom. The van der Waals surface area contributed by atoms with Gasteiger partial charge in [0, 0.05) is 37.9 Å². The fourth-order valence-corrected chi connectivity index (χ4v) is 1.78. The Bertz CT molecular complexity index is 495. The zero-order valence-electron chi connectivity index (χ0n) is 10.7. The van der Waals surface area contributed by atoms with Crippen molar-refractivity contribution in [2.24, 2.45) is 5.73 Å². The number of carbonyl (C=O) groups excluding carboxylic acids is 1. The number of aromatic nitrogens is 2. The normalized spacial score (nSPS) is 12.1. The highest BCUT2D eigenvalue weighted by atomic mass is 16.1. The summed E-state index contributed by atoms with van der Waals surface area (Å²) in [6.45, 7) is 1.03. The molecule has 1 amide bonds. The van der Waals surface area contributed by atoms with Gasteiger partial charge in [-0.2, -0.15) is 5.10 Å². The van der Waals surface area contributed by atoms with E-state index in [1.165, 1.54) is 0 Å². The van der Waals surface area contributed by atoms with E-state index >= 15 is 0 Å². The van der Waals surface area contributed by atoms with E-state index in [0.717, 1.165) is 5.56 Å². The van der Waals surface area contributed by atoms with Crippen molar-refractivity contribution in [2.45, 2.75) is 19.0 Å². The van der Waals surface area contributed by atoms with E-state index < -0.39 is 0 Å². The number of carbonyl (C=O) groups is 1. The molecule has 5 heteroatoms. The fraction of sp³-hybridized carbons (Fsp3) is 0.286. The molecule has 0 aliphatic heterocycles. The number of nitrogens with two attached hydrogens (primary N) is 1. The third kappa shape index (κ3) is 4.22. The lowest BCUT2D eigenvalue weighted by Crippen LogP contribution is -2.32. The van der Waals surface area contributed by atoms with Gasteiger partial charge < -0.3 is 11.1 Å². The quantitative estimate of drug-likeness (QED) is 0.814. The van der Waals surface area contributed by atoms with Gasteiger partial charge in [-0.15, -0.1) is 0 Å². The molecule has 5 nitrogen and oxygen atoms in total. The number of aryl methyl sites for hydroxylation is 1. The summed E-state index contributed by atoms with van der Waals surface area (Å²) in [5.41, 5.74) is 7.02. The Labute approximate surface area is 112 Å². The number of nitrogens with one attached hydrogen (secondary N) is 1. The van der Waals surface area contributed by atoms with Crippen LogP contribution in [-0.4, -0.2) is 22.2 Å². The van der Waals surface area contributed by atoms with Gasteiger partial charge in [0.2, 0.25) is 5.91 Å². The topological polar surface area (TPSA) is 72.9 Å². The molecular formula is C14H18N4O. The lowest BCUT2D eigenvalue weighted by Gasteiger charge is -2.13. The average molecular weight is 258 g/mol. The third-order valence-electron chi connectivity index (χ3n) is 2.87. The summed E-state index contributed by atoms with van der Waals surface area (Å²) in [7, 11) is 0. The van der Waals surface area contributed by atoms with E-state index in [1.807, 2.05) is 42.6 Å². The van der Waals surface area contributed by atoms with Crippen molar-refractivity contribution in [1.82, 2.24) is 15.1 Å². The molecule has 3 N–H and O–H groups in total. The van der Waals surface area contributed by atoms with Gasteiger partial charge in [-0.1, -0.05) is 30.3 Å². The van der Waals surface area contributed by atoms with Crippen LogP contribution in [0, 0.1) is 0 Å². The second-order valence-corrected chi connectivity index (χ2v) is 4.34. The van der Waals surface area contributed by atoms with Crippen LogP contribution in [0.4, 0.5) is 0 Å². The first-order valence-electron chi connectivity index (χ1n) is 6.30. The largest absolute Gasteiger partial charge is 0.354 e. The van der Waals surface area contributed by atoms with Gasteiger partial charge in [0.05, 0.1) is 0 Å². The zero-order valence-corrected chi connectivity index (χ0v) is 10.7. The molecule has 0 saturated carbocycles. The second-order valence-electron chi connectivity index (χ2n) is 4.34. The van der Waals surface area contributed by atoms with Gasteiger partial charge >= 0.3 is 0 Å². The van der Waals surface area contributed by atoms with Crippen molar-refractivity contribution in [3.8, 4) is 0 Å². The molecule has 0 spiro atoms. The molecular weight excluding hydrogens is 240 g/mol. The Balaban J connectivity index is 1.71. The van der Waals surface area contributed by atoms with E-state index in [0.29, 0.717) is 19.5 Å². The predicted octanol–water partition coefficient (Wildman–Crippen LogP) is 1.09. The van der Waals surface area contributed by atoms with Crippen LogP contribution in [0.5, 0.6) is 0 Å². The lowest BCUT2D eigenvalue weighted by molar-refractivity contribution is -0.121. The van der Waals surface area contributed by atoms with Gasteiger partial charge in [-0.05, 0) is 11.6 Å². The number of hydrogen-bond donors (Lipinski definition) is 2. The van der Waals surface area contributed by atoms with Gasteiger partial charge in [-0.25, -0.2) is 0 Å². The number of nitrogens with zero attached hydrogens (tertiary/aromatic N) is 2. The first-order chi connectivity index (χ1) is 9.25. The Morgan fingerprint density at radius 1 is 1.32 bits per heavy atom. The van der Waals surface area contributed by atoms with E-state index in [4.69, 9.17) is 5.73 Å². The molecule has 2 rings (SSSR count). The molecule has 0 fully saturated rings. The number of rotatable bonds is 6. The Morgan fingerprint density at radius 2 is 2.11 bits per heavy atom. The first kappa shape index (κ1) is 13.3. The maximum Gasteiger partial charge on any atom is 0.221 e. The SMILES string of the molecule is NC(CNC(=O)CCn1cccn1)c1ccccc1. The molecule has 0 radical (unpaired) electrons. The molecule has 1 unspecified atom stereocenters. The van der Waals surface area contributed by atoms with Crippen LogP contribution in [0.3, 0.4) is 0 Å². The minimum Gasteiger partial charge on any atom is -0.354 e. The average Bonchev–Trinajstić information content (AvgIpc) is 2.96. The van der Waals surface area contributed by atoms with Crippen molar-refractivity contribution in [3.05, 3.63) is 54.4 Å². The number of amides is 1. The summed E-state index contributed by atoms with van der Waals surface area (Å²) in [6, 6.07) is 11.4. The summed E-state index contributed by atoms with van der Waals surface area (Å²) in [6.07, 6.45) is 3.94. The minimum atomic E-state index is -0.171. The van der Waals surface area contributed by atoms with Crippen LogP contribution in [0.2, 0.25) is 0 Å². The molecule has 1 atom stereocenters. The molecule has 1 heterocycles. The summed E-state index contributed by atoms with van der Waals surface area (Å²) in [4.78, 5) is 11.7. The molecule has 2 aromatic rings. The Hall–Kier alpha value is -2.14. The molecule has 19 heavy (non-hydrogen) atoms. The third-order valence-corrected chi connectivity index (χ3v) is 2.87. The van der Waals surface area contributed by atoms with Gasteiger partial charge in [0.1, 0.15) is 0 Å². The standard InChI is InChI=1S/C14H18N4O/c15-13(12-5-2-1-3-6-12)11-16-14(19)7-10-18-9-4-8-17-18/h1-6,8-9,13H,7,10-11,15H2,(H,16,19). The van der Waals surface area contributed by atoms with Crippen molar-refractivity contribution in [2.75, 3.05) is 6.54 Å². The highest BCUT2D eigenvalue weighted by Gasteiger charge is 2.07. The number of hydrogen-bond acceptors (Lipinski definition) is 3. The van der Waals surface area contributed by atoms with Crippen LogP contribution in [-0.2, 0) is 11.3 Å². The fourth-order valence-electron chi connectivity index (χ4n) is 1.78. The molecule has 0 bridgehead atoms. The second kappa shape index (κ2) is 6.70. The van der Waals surface area contributed by atoms with E-state index in [1.54, 1.807) is 10.9 Å². The van der Waals surface area contributed by atoms with Crippen LogP contribution >= 0.6 is 0 Å². The highest BCUT2D eigenvalue weighted by Crippen LogP contribution is 2.07. The number of benzene rings is 1. The summed E-state index contributed by atoms with van der Waals surface area (Å²) in [5.74, 6) is -0.0121. The minimum absolute atomic E-state index is 0.0121. The van der Waals surface area contributed by atoms with Gasteiger partial charge in [0.15, 0.2) is 0 Å². The van der Waals surface area contributed by atoms with Crippen LogP contribution in [0.15, 0.2) is 48.8 Å². The molecule has 1 aromatic carbocycles. The van der Waals surface area contributed by atoms with Crippen LogP contribution < -0.4 is 11.1 Å². The lowest BCUT2D eigenvalue weighted by atomic mass is 10.1. The molecule has 0 saturated heterocycles. The van der Waals surface area contributed by atoms with Crippen LogP contribution in [0.25, 0.3) is 0 Å². The smallest absolute Gasteiger partial charge is 0.221 e. The zero-order chi connectivity index (χ0) is 13.5. The monoisotopic (exact) mass is 258 g/mol. The molecule has 1 aromatic heterocycles.